The first-order valence-electron chi connectivity index (χ1n) is 9.66. The maximum absolute atomic E-state index is 8.76. The van der Waals surface area contributed by atoms with E-state index in [1.54, 1.807) is 12.1 Å². The van der Waals surface area contributed by atoms with Crippen molar-refractivity contribution in [2.24, 2.45) is 17.8 Å². The smallest absolute Gasteiger partial charge is 0.115 e. The number of hydrogen-bond acceptors (Lipinski definition) is 2. The van der Waals surface area contributed by atoms with Gasteiger partial charge >= 0.3 is 0 Å². The van der Waals surface area contributed by atoms with Gasteiger partial charge in [-0.25, -0.2) is 0 Å². The predicted octanol–water partition coefficient (Wildman–Crippen LogP) is 5.54. The molecular weight excluding hydrogens is 318 g/mol. The normalized spacial score (nSPS) is 24.3. The second-order valence-corrected chi connectivity index (χ2v) is 7.74. The SMILES string of the molecule is C.CCN1C[C@H]2CC(Cc3ccccc3)C[C@H]2C1.Cc1ccc(O)cc1. The van der Waals surface area contributed by atoms with E-state index in [0.717, 1.165) is 17.8 Å². The number of phenolic OH excluding ortho intramolecular Hbond substituents is 1. The first kappa shape index (κ1) is 20.5. The summed E-state index contributed by atoms with van der Waals surface area (Å²) in [6.07, 6.45) is 4.24. The van der Waals surface area contributed by atoms with Gasteiger partial charge in [0, 0.05) is 13.1 Å². The Morgan fingerprint density at radius 1 is 0.923 bits per heavy atom. The monoisotopic (exact) mass is 353 g/mol. The number of hydrogen-bond donors (Lipinski definition) is 1. The number of aromatic hydroxyl groups is 1. The van der Waals surface area contributed by atoms with Crippen molar-refractivity contribution in [3.05, 3.63) is 65.7 Å². The second kappa shape index (κ2) is 9.78. The predicted molar refractivity (Wildman–Crippen MR) is 112 cm³/mol. The zero-order valence-electron chi connectivity index (χ0n) is 15.6. The number of benzene rings is 2. The van der Waals surface area contributed by atoms with Crippen LogP contribution >= 0.6 is 0 Å². The Morgan fingerprint density at radius 2 is 1.50 bits per heavy atom. The number of aryl methyl sites for hydroxylation is 1. The largest absolute Gasteiger partial charge is 0.508 e. The molecule has 0 radical (unpaired) electrons. The highest BCUT2D eigenvalue weighted by Gasteiger charge is 2.39. The third kappa shape index (κ3) is 5.60. The molecule has 2 fully saturated rings. The summed E-state index contributed by atoms with van der Waals surface area (Å²) in [5.41, 5.74) is 2.70. The van der Waals surface area contributed by atoms with Gasteiger partial charge in [0.1, 0.15) is 5.75 Å². The molecule has 0 spiro atoms. The van der Waals surface area contributed by atoms with Crippen molar-refractivity contribution < 1.29 is 5.11 Å². The third-order valence-electron chi connectivity index (χ3n) is 5.77. The lowest BCUT2D eigenvalue weighted by Crippen LogP contribution is -2.21. The molecule has 2 heteroatoms. The second-order valence-electron chi connectivity index (χ2n) is 7.74. The Kier molecular flexibility index (Phi) is 7.71. The molecule has 2 aromatic carbocycles. The summed E-state index contributed by atoms with van der Waals surface area (Å²) in [7, 11) is 0. The number of likely N-dealkylation sites (tertiary alicyclic amines) is 1. The fourth-order valence-electron chi connectivity index (χ4n) is 4.44. The number of rotatable bonds is 3. The standard InChI is InChI=1S/C16H23N.C7H8O.CH4/c1-2-17-11-15-9-14(10-16(15)12-17)8-13-6-4-3-5-7-13;1-6-2-4-7(8)5-3-6;/h3-7,14-16H,2,8-12H2,1H3;2-5,8H,1H3;1H4/t14?,15-,16+;;. The van der Waals surface area contributed by atoms with Crippen LogP contribution in [0.4, 0.5) is 0 Å². The Morgan fingerprint density at radius 3 is 2.00 bits per heavy atom. The zero-order chi connectivity index (χ0) is 17.6. The van der Waals surface area contributed by atoms with E-state index in [0.29, 0.717) is 5.75 Å². The van der Waals surface area contributed by atoms with Crippen LogP contribution in [0.3, 0.4) is 0 Å². The molecule has 1 unspecified atom stereocenters. The van der Waals surface area contributed by atoms with E-state index in [-0.39, 0.29) is 7.43 Å². The van der Waals surface area contributed by atoms with Gasteiger partial charge in [0.15, 0.2) is 0 Å². The van der Waals surface area contributed by atoms with E-state index in [4.69, 9.17) is 5.11 Å². The minimum Gasteiger partial charge on any atom is -0.508 e. The van der Waals surface area contributed by atoms with Gasteiger partial charge in [-0.15, -0.1) is 0 Å². The molecule has 1 aliphatic heterocycles. The first-order chi connectivity index (χ1) is 12.1. The van der Waals surface area contributed by atoms with Crippen molar-refractivity contribution in [2.45, 2.75) is 40.5 Å². The van der Waals surface area contributed by atoms with E-state index in [2.05, 4.69) is 42.2 Å². The van der Waals surface area contributed by atoms with E-state index in [9.17, 15) is 0 Å². The average molecular weight is 354 g/mol. The molecule has 0 aromatic heterocycles. The van der Waals surface area contributed by atoms with E-state index in [1.165, 1.54) is 50.0 Å². The lowest BCUT2D eigenvalue weighted by Gasteiger charge is -2.16. The van der Waals surface area contributed by atoms with Crippen LogP contribution < -0.4 is 0 Å². The first-order valence-corrected chi connectivity index (χ1v) is 9.66. The molecule has 1 N–H and O–H groups in total. The van der Waals surface area contributed by atoms with E-state index < -0.39 is 0 Å². The highest BCUT2D eigenvalue weighted by atomic mass is 16.3. The molecule has 1 heterocycles. The van der Waals surface area contributed by atoms with Crippen molar-refractivity contribution in [1.29, 1.82) is 0 Å². The topological polar surface area (TPSA) is 23.5 Å². The van der Waals surface area contributed by atoms with Crippen molar-refractivity contribution in [2.75, 3.05) is 19.6 Å². The van der Waals surface area contributed by atoms with E-state index in [1.807, 2.05) is 19.1 Å². The molecule has 4 rings (SSSR count). The molecule has 142 valence electrons. The van der Waals surface area contributed by atoms with Gasteiger partial charge in [-0.3, -0.25) is 0 Å². The van der Waals surface area contributed by atoms with Gasteiger partial charge in [-0.2, -0.15) is 0 Å². The summed E-state index contributed by atoms with van der Waals surface area (Å²) >= 11 is 0. The van der Waals surface area contributed by atoms with Gasteiger partial charge < -0.3 is 10.0 Å². The molecule has 1 saturated heterocycles. The quantitative estimate of drug-likeness (QED) is 0.782. The summed E-state index contributed by atoms with van der Waals surface area (Å²) < 4.78 is 0. The summed E-state index contributed by atoms with van der Waals surface area (Å²) in [6.45, 7) is 8.26. The van der Waals surface area contributed by atoms with Gasteiger partial charge in [-0.1, -0.05) is 62.4 Å². The fraction of sp³-hybridized carbons (Fsp3) is 0.500. The average Bonchev–Trinajstić information content (AvgIpc) is 3.17. The highest BCUT2D eigenvalue weighted by Crippen LogP contribution is 2.42. The third-order valence-corrected chi connectivity index (χ3v) is 5.77. The number of phenols is 1. The van der Waals surface area contributed by atoms with Crippen LogP contribution in [0.2, 0.25) is 0 Å². The maximum Gasteiger partial charge on any atom is 0.115 e. The summed E-state index contributed by atoms with van der Waals surface area (Å²) in [5.74, 6) is 3.29. The summed E-state index contributed by atoms with van der Waals surface area (Å²) in [5, 5.41) is 8.76. The number of nitrogens with zero attached hydrogens (tertiary/aromatic N) is 1. The van der Waals surface area contributed by atoms with Crippen LogP contribution in [0.1, 0.15) is 38.3 Å². The molecule has 0 amide bonds. The Balaban J connectivity index is 0.000000230. The van der Waals surface area contributed by atoms with Crippen LogP contribution in [0.15, 0.2) is 54.6 Å². The summed E-state index contributed by atoms with van der Waals surface area (Å²) in [4.78, 5) is 2.63. The van der Waals surface area contributed by atoms with Gasteiger partial charge in [0.25, 0.3) is 0 Å². The van der Waals surface area contributed by atoms with Crippen molar-refractivity contribution in [3.63, 3.8) is 0 Å². The Hall–Kier alpha value is -1.80. The molecule has 2 nitrogen and oxygen atoms in total. The zero-order valence-corrected chi connectivity index (χ0v) is 15.6. The van der Waals surface area contributed by atoms with Gasteiger partial charge in [0.2, 0.25) is 0 Å². The van der Waals surface area contributed by atoms with Gasteiger partial charge in [-0.05, 0) is 68.2 Å². The summed E-state index contributed by atoms with van der Waals surface area (Å²) in [6, 6.07) is 18.1. The molecule has 3 atom stereocenters. The van der Waals surface area contributed by atoms with Gasteiger partial charge in [0.05, 0.1) is 0 Å². The molecule has 1 saturated carbocycles. The van der Waals surface area contributed by atoms with Crippen molar-refractivity contribution in [1.82, 2.24) is 4.90 Å². The molecular formula is C24H35NO. The molecule has 0 bridgehead atoms. The minimum atomic E-state index is 0. The number of fused-ring (bicyclic) bond motifs is 1. The lowest BCUT2D eigenvalue weighted by atomic mass is 9.96. The van der Waals surface area contributed by atoms with Crippen LogP contribution in [0.25, 0.3) is 0 Å². The fourth-order valence-corrected chi connectivity index (χ4v) is 4.44. The van der Waals surface area contributed by atoms with Crippen molar-refractivity contribution >= 4 is 0 Å². The maximum atomic E-state index is 8.76. The van der Waals surface area contributed by atoms with Crippen LogP contribution in [0.5, 0.6) is 5.75 Å². The molecule has 26 heavy (non-hydrogen) atoms. The lowest BCUT2D eigenvalue weighted by molar-refractivity contribution is 0.311. The van der Waals surface area contributed by atoms with Crippen LogP contribution in [-0.2, 0) is 6.42 Å². The van der Waals surface area contributed by atoms with Crippen LogP contribution in [0, 0.1) is 24.7 Å². The molecule has 1 aliphatic carbocycles. The van der Waals surface area contributed by atoms with Crippen LogP contribution in [-0.4, -0.2) is 29.6 Å². The molecule has 2 aliphatic rings. The van der Waals surface area contributed by atoms with E-state index >= 15 is 0 Å². The Labute approximate surface area is 159 Å². The van der Waals surface area contributed by atoms with Crippen molar-refractivity contribution in [3.8, 4) is 5.75 Å². The molecule has 2 aromatic rings. The Bertz CT molecular complexity index is 602. The highest BCUT2D eigenvalue weighted by molar-refractivity contribution is 5.24. The minimum absolute atomic E-state index is 0.